The average molecular weight is 368 g/mol. The van der Waals surface area contributed by atoms with Gasteiger partial charge in [0.05, 0.1) is 11.1 Å². The molecule has 140 valence electrons. The second-order valence-electron chi connectivity index (χ2n) is 5.55. The zero-order chi connectivity index (χ0) is 19.8. The summed E-state index contributed by atoms with van der Waals surface area (Å²) in [4.78, 5) is 33.2. The van der Waals surface area contributed by atoms with Crippen LogP contribution in [-0.2, 0) is 14.3 Å². The molecule has 0 amide bonds. The van der Waals surface area contributed by atoms with Crippen LogP contribution < -0.4 is 9.47 Å². The van der Waals surface area contributed by atoms with Crippen molar-refractivity contribution in [2.75, 3.05) is 6.61 Å². The van der Waals surface area contributed by atoms with Gasteiger partial charge < -0.3 is 14.2 Å². The molecule has 0 radical (unpaired) electrons. The number of carbonyl (C=O) groups excluding carboxylic acids is 3. The van der Waals surface area contributed by atoms with E-state index in [-0.39, 0.29) is 12.4 Å². The second kappa shape index (κ2) is 9.33. The number of rotatable bonds is 3. The smallest absolute Gasteiger partial charge is 0.349 e. The maximum Gasteiger partial charge on any atom is 0.349 e. The third kappa shape index (κ3) is 5.54. The van der Waals surface area contributed by atoms with Gasteiger partial charge in [-0.2, -0.15) is 0 Å². The number of ketones is 1. The lowest BCUT2D eigenvalue weighted by molar-refractivity contribution is -0.136. The van der Waals surface area contributed by atoms with E-state index in [1.165, 1.54) is 6.92 Å². The zero-order valence-electron chi connectivity index (χ0n) is 15.2. The molecule has 6 nitrogen and oxygen atoms in total. The lowest BCUT2D eigenvalue weighted by atomic mass is 10.1. The van der Waals surface area contributed by atoms with E-state index in [4.69, 9.17) is 14.2 Å². The Morgan fingerprint density at radius 1 is 1.11 bits per heavy atom. The fourth-order valence-corrected chi connectivity index (χ4v) is 2.29. The Labute approximate surface area is 157 Å². The maximum atomic E-state index is 11.4. The Kier molecular flexibility index (Phi) is 6.88. The highest BCUT2D eigenvalue weighted by Crippen LogP contribution is 2.27. The summed E-state index contributed by atoms with van der Waals surface area (Å²) in [6.07, 6.45) is 0.401. The molecule has 1 aliphatic heterocycles. The van der Waals surface area contributed by atoms with Crippen molar-refractivity contribution in [3.05, 3.63) is 66.2 Å². The van der Waals surface area contributed by atoms with Crippen molar-refractivity contribution >= 4 is 23.5 Å². The number of fused-ring (bicyclic) bond motifs is 1. The number of para-hydroxylation sites is 2. The first-order valence-corrected chi connectivity index (χ1v) is 8.34. The largest absolute Gasteiger partial charge is 0.482 e. The van der Waals surface area contributed by atoms with Crippen molar-refractivity contribution in [2.45, 2.75) is 20.3 Å². The molecule has 0 aromatic heterocycles. The van der Waals surface area contributed by atoms with Crippen molar-refractivity contribution in [3.63, 3.8) is 0 Å². The van der Waals surface area contributed by atoms with Crippen LogP contribution in [0.25, 0.3) is 5.76 Å². The van der Waals surface area contributed by atoms with Crippen molar-refractivity contribution < 1.29 is 28.6 Å². The predicted molar refractivity (Wildman–Crippen MR) is 99.4 cm³/mol. The molecule has 0 N–H and O–H groups in total. The summed E-state index contributed by atoms with van der Waals surface area (Å²) in [7, 11) is 0. The van der Waals surface area contributed by atoms with Crippen molar-refractivity contribution in [1.29, 1.82) is 0 Å². The highest BCUT2D eigenvalue weighted by atomic mass is 16.6. The van der Waals surface area contributed by atoms with E-state index in [0.29, 0.717) is 29.2 Å². The van der Waals surface area contributed by atoms with Gasteiger partial charge in [-0.25, -0.2) is 4.79 Å². The van der Waals surface area contributed by atoms with Gasteiger partial charge in [-0.15, -0.1) is 0 Å². The summed E-state index contributed by atoms with van der Waals surface area (Å²) in [5.74, 6) is 0.484. The zero-order valence-corrected chi connectivity index (χ0v) is 15.2. The number of carbonyl (C=O) groups is 3. The first-order valence-electron chi connectivity index (χ1n) is 8.34. The Morgan fingerprint density at radius 2 is 1.78 bits per heavy atom. The molecular formula is C21H20O6. The summed E-state index contributed by atoms with van der Waals surface area (Å²) >= 11 is 0. The van der Waals surface area contributed by atoms with Crippen molar-refractivity contribution in [1.82, 2.24) is 0 Å². The number of hydrogen-bond donors (Lipinski definition) is 0. The van der Waals surface area contributed by atoms with Crippen LogP contribution in [0.5, 0.6) is 11.5 Å². The van der Waals surface area contributed by atoms with Gasteiger partial charge in [0.25, 0.3) is 0 Å². The minimum Gasteiger partial charge on any atom is -0.482 e. The summed E-state index contributed by atoms with van der Waals surface area (Å²) in [5, 5.41) is 0. The third-order valence-corrected chi connectivity index (χ3v) is 3.54. The summed E-state index contributed by atoms with van der Waals surface area (Å²) in [6, 6.07) is 13.9. The topological polar surface area (TPSA) is 78.9 Å². The average Bonchev–Trinajstić information content (AvgIpc) is 2.80. The van der Waals surface area contributed by atoms with Crippen molar-refractivity contribution in [2.24, 2.45) is 0 Å². The van der Waals surface area contributed by atoms with Crippen LogP contribution in [0.15, 0.2) is 55.1 Å². The van der Waals surface area contributed by atoms with Gasteiger partial charge in [0.1, 0.15) is 17.3 Å². The predicted octanol–water partition coefficient (Wildman–Crippen LogP) is 3.80. The molecule has 2 aromatic carbocycles. The molecule has 3 rings (SSSR count). The highest BCUT2D eigenvalue weighted by molar-refractivity contribution is 5.99. The van der Waals surface area contributed by atoms with E-state index in [2.05, 4.69) is 6.58 Å². The third-order valence-electron chi connectivity index (χ3n) is 3.54. The standard InChI is InChI=1S/C11H12O3.C10H8O3/c1-3-10(13)9-6-4-5-7-11(9)14-8(2)12;1-7-8-4-2-3-5-9(8)13-10(11)6-12-7/h4-7H,3H2,1-2H3;2-5H,1,6H2. The van der Waals surface area contributed by atoms with E-state index in [0.717, 1.165) is 5.56 Å². The Bertz CT molecular complexity index is 868. The van der Waals surface area contributed by atoms with Crippen LogP contribution in [0.2, 0.25) is 0 Å². The van der Waals surface area contributed by atoms with Crippen LogP contribution in [0, 0.1) is 0 Å². The summed E-state index contributed by atoms with van der Waals surface area (Å²) < 4.78 is 15.0. The van der Waals surface area contributed by atoms with Gasteiger partial charge in [-0.05, 0) is 24.3 Å². The van der Waals surface area contributed by atoms with Gasteiger partial charge in [0, 0.05) is 13.3 Å². The molecule has 0 saturated carbocycles. The molecule has 1 aliphatic rings. The second-order valence-corrected chi connectivity index (χ2v) is 5.55. The van der Waals surface area contributed by atoms with Crippen LogP contribution in [0.1, 0.15) is 36.2 Å². The number of esters is 2. The summed E-state index contributed by atoms with van der Waals surface area (Å²) in [5.41, 5.74) is 1.19. The lowest BCUT2D eigenvalue weighted by Crippen LogP contribution is -2.11. The molecule has 6 heteroatoms. The molecule has 0 saturated heterocycles. The molecule has 0 fully saturated rings. The van der Waals surface area contributed by atoms with Crippen LogP contribution in [0.4, 0.5) is 0 Å². The number of benzene rings is 2. The van der Waals surface area contributed by atoms with Crippen LogP contribution >= 0.6 is 0 Å². The van der Waals surface area contributed by atoms with E-state index >= 15 is 0 Å². The quantitative estimate of drug-likeness (QED) is 0.466. The maximum absolute atomic E-state index is 11.4. The highest BCUT2D eigenvalue weighted by Gasteiger charge is 2.17. The molecule has 2 aromatic rings. The number of Topliss-reactive ketones (excluding diaryl/α,β-unsaturated/α-hetero) is 1. The number of ether oxygens (including phenoxy) is 3. The minimum atomic E-state index is -0.415. The summed E-state index contributed by atoms with van der Waals surface area (Å²) in [6.45, 7) is 6.70. The molecule has 27 heavy (non-hydrogen) atoms. The van der Waals surface area contributed by atoms with Gasteiger partial charge in [0.2, 0.25) is 0 Å². The van der Waals surface area contributed by atoms with E-state index < -0.39 is 11.9 Å². The first-order chi connectivity index (χ1) is 12.9. The lowest BCUT2D eigenvalue weighted by Gasteiger charge is -2.05. The van der Waals surface area contributed by atoms with Gasteiger partial charge in [-0.3, -0.25) is 9.59 Å². The van der Waals surface area contributed by atoms with Gasteiger partial charge >= 0.3 is 11.9 Å². The Hall–Kier alpha value is -3.41. The molecule has 0 bridgehead atoms. The molecular weight excluding hydrogens is 348 g/mol. The Balaban J connectivity index is 0.000000194. The minimum absolute atomic E-state index is 0.0261. The monoisotopic (exact) mass is 368 g/mol. The molecule has 0 spiro atoms. The molecule has 1 heterocycles. The van der Waals surface area contributed by atoms with E-state index in [1.54, 1.807) is 49.4 Å². The fraction of sp³-hybridized carbons (Fsp3) is 0.190. The van der Waals surface area contributed by atoms with Crippen LogP contribution in [-0.4, -0.2) is 24.3 Å². The van der Waals surface area contributed by atoms with E-state index in [1.807, 2.05) is 6.07 Å². The SMILES string of the molecule is C=C1OCC(=O)Oc2ccccc21.CCC(=O)c1ccccc1OC(C)=O. The van der Waals surface area contributed by atoms with Gasteiger partial charge in [0.15, 0.2) is 12.4 Å². The molecule has 0 unspecified atom stereocenters. The Morgan fingerprint density at radius 3 is 2.48 bits per heavy atom. The fourth-order valence-electron chi connectivity index (χ4n) is 2.29. The van der Waals surface area contributed by atoms with E-state index in [9.17, 15) is 14.4 Å². The molecule has 0 aliphatic carbocycles. The van der Waals surface area contributed by atoms with Gasteiger partial charge in [-0.1, -0.05) is 37.8 Å². The molecule has 0 atom stereocenters. The van der Waals surface area contributed by atoms with Crippen LogP contribution in [0.3, 0.4) is 0 Å². The van der Waals surface area contributed by atoms with Crippen molar-refractivity contribution in [3.8, 4) is 11.5 Å². The normalized spacial score (nSPS) is 12.4. The first kappa shape index (κ1) is 19.9. The number of hydrogen-bond acceptors (Lipinski definition) is 6.